The molecule has 0 bridgehead atoms. The maximum atomic E-state index is 12.3. The number of carbonyl (C=O) groups excluding carboxylic acids is 1. The van der Waals surface area contributed by atoms with Gasteiger partial charge in [0.05, 0.1) is 29.5 Å². The highest BCUT2D eigenvalue weighted by atomic mass is 16.5. The molecule has 3 aromatic rings. The quantitative estimate of drug-likeness (QED) is 0.684. The number of hydrogen-bond donors (Lipinski definition) is 2. The van der Waals surface area contributed by atoms with E-state index in [0.29, 0.717) is 29.2 Å². The summed E-state index contributed by atoms with van der Waals surface area (Å²) in [6.45, 7) is 2.50. The van der Waals surface area contributed by atoms with Crippen LogP contribution >= 0.6 is 0 Å². The smallest absolute Gasteiger partial charge is 0.257 e. The minimum absolute atomic E-state index is 0.270. The Morgan fingerprint density at radius 1 is 1.11 bits per heavy atom. The molecule has 0 spiro atoms. The van der Waals surface area contributed by atoms with Crippen molar-refractivity contribution < 1.29 is 9.53 Å². The van der Waals surface area contributed by atoms with E-state index < -0.39 is 0 Å². The van der Waals surface area contributed by atoms with Crippen LogP contribution in [0.3, 0.4) is 0 Å². The van der Waals surface area contributed by atoms with Gasteiger partial charge in [0.15, 0.2) is 0 Å². The first kappa shape index (κ1) is 18.0. The molecule has 2 N–H and O–H groups in total. The zero-order valence-corrected chi connectivity index (χ0v) is 14.8. The third kappa shape index (κ3) is 4.61. The van der Waals surface area contributed by atoms with Crippen LogP contribution in [0.4, 0.5) is 17.2 Å². The zero-order chi connectivity index (χ0) is 19.1. The summed E-state index contributed by atoms with van der Waals surface area (Å²) < 4.78 is 5.58. The van der Waals surface area contributed by atoms with E-state index in [4.69, 9.17) is 10.00 Å². The van der Waals surface area contributed by atoms with Crippen LogP contribution in [-0.2, 0) is 0 Å². The van der Waals surface area contributed by atoms with E-state index in [-0.39, 0.29) is 5.91 Å². The molecule has 27 heavy (non-hydrogen) atoms. The van der Waals surface area contributed by atoms with Crippen molar-refractivity contribution in [2.45, 2.75) is 6.92 Å². The first-order chi connectivity index (χ1) is 13.2. The highest BCUT2D eigenvalue weighted by Crippen LogP contribution is 2.26. The monoisotopic (exact) mass is 358 g/mol. The summed E-state index contributed by atoms with van der Waals surface area (Å²) >= 11 is 0. The number of nitrogens with zero attached hydrogens (tertiary/aromatic N) is 2. The first-order valence-electron chi connectivity index (χ1n) is 8.46. The van der Waals surface area contributed by atoms with Gasteiger partial charge in [0.2, 0.25) is 0 Å². The lowest BCUT2D eigenvalue weighted by molar-refractivity contribution is 0.102. The lowest BCUT2D eigenvalue weighted by atomic mass is 10.2. The highest BCUT2D eigenvalue weighted by molar-refractivity contribution is 6.04. The summed E-state index contributed by atoms with van der Waals surface area (Å²) in [4.78, 5) is 16.6. The molecule has 0 saturated carbocycles. The number of nitrogens with one attached hydrogen (secondary N) is 2. The van der Waals surface area contributed by atoms with E-state index in [2.05, 4.69) is 15.6 Å². The van der Waals surface area contributed by atoms with Crippen LogP contribution in [0.1, 0.15) is 22.8 Å². The molecular weight excluding hydrogens is 340 g/mol. The van der Waals surface area contributed by atoms with Crippen molar-refractivity contribution in [3.63, 3.8) is 0 Å². The standard InChI is InChI=1S/C21H18N4O2/c1-2-27-19-6-4-3-5-18(19)25-20-12-9-16(14-23-20)21(26)24-17-10-7-15(13-22)8-11-17/h3-12,14H,2H2,1H3,(H,23,25)(H,24,26). The Bertz CT molecular complexity index is 961. The Labute approximate surface area is 157 Å². The minimum Gasteiger partial charge on any atom is -0.492 e. The van der Waals surface area contributed by atoms with Crippen molar-refractivity contribution in [2.75, 3.05) is 17.2 Å². The highest BCUT2D eigenvalue weighted by Gasteiger charge is 2.08. The fraction of sp³-hybridized carbons (Fsp3) is 0.0952. The summed E-state index contributed by atoms with van der Waals surface area (Å²) in [5.74, 6) is 1.08. The van der Waals surface area contributed by atoms with Crippen LogP contribution in [0.15, 0.2) is 66.9 Å². The van der Waals surface area contributed by atoms with Crippen molar-refractivity contribution in [1.29, 1.82) is 5.26 Å². The van der Waals surface area contributed by atoms with E-state index in [1.807, 2.05) is 37.3 Å². The van der Waals surface area contributed by atoms with E-state index in [0.717, 1.165) is 11.4 Å². The average molecular weight is 358 g/mol. The molecule has 1 heterocycles. The summed E-state index contributed by atoms with van der Waals surface area (Å²) in [6.07, 6.45) is 1.50. The van der Waals surface area contributed by atoms with Crippen molar-refractivity contribution in [3.05, 3.63) is 78.0 Å². The normalized spacial score (nSPS) is 9.93. The molecule has 0 atom stereocenters. The third-order valence-corrected chi connectivity index (χ3v) is 3.75. The van der Waals surface area contributed by atoms with Crippen molar-refractivity contribution in [2.24, 2.45) is 0 Å². The molecule has 0 unspecified atom stereocenters. The van der Waals surface area contributed by atoms with Crippen LogP contribution in [0, 0.1) is 11.3 Å². The van der Waals surface area contributed by atoms with Gasteiger partial charge in [-0.25, -0.2) is 4.98 Å². The molecule has 0 aliphatic rings. The third-order valence-electron chi connectivity index (χ3n) is 3.75. The van der Waals surface area contributed by atoms with Gasteiger partial charge in [0.25, 0.3) is 5.91 Å². The topological polar surface area (TPSA) is 87.0 Å². The number of amides is 1. The summed E-state index contributed by atoms with van der Waals surface area (Å²) in [5, 5.41) is 14.8. The molecule has 0 radical (unpaired) electrons. The average Bonchev–Trinajstić information content (AvgIpc) is 2.71. The lowest BCUT2D eigenvalue weighted by Crippen LogP contribution is -2.12. The van der Waals surface area contributed by atoms with Gasteiger partial charge in [-0.1, -0.05) is 12.1 Å². The van der Waals surface area contributed by atoms with Gasteiger partial charge < -0.3 is 15.4 Å². The van der Waals surface area contributed by atoms with Crippen LogP contribution < -0.4 is 15.4 Å². The van der Waals surface area contributed by atoms with Crippen molar-refractivity contribution >= 4 is 23.1 Å². The molecule has 6 heteroatoms. The maximum absolute atomic E-state index is 12.3. The fourth-order valence-electron chi connectivity index (χ4n) is 2.42. The van der Waals surface area contributed by atoms with Gasteiger partial charge in [0.1, 0.15) is 11.6 Å². The molecule has 6 nitrogen and oxygen atoms in total. The molecule has 0 fully saturated rings. The molecule has 134 valence electrons. The number of pyridine rings is 1. The van der Waals surface area contributed by atoms with Gasteiger partial charge in [-0.15, -0.1) is 0 Å². The molecule has 0 saturated heterocycles. The summed E-state index contributed by atoms with van der Waals surface area (Å²) in [7, 11) is 0. The molecule has 0 aliphatic heterocycles. The summed E-state index contributed by atoms with van der Waals surface area (Å²) in [5.41, 5.74) is 2.40. The number of benzene rings is 2. The first-order valence-corrected chi connectivity index (χ1v) is 8.46. The van der Waals surface area contributed by atoms with Crippen LogP contribution in [0.25, 0.3) is 0 Å². The molecule has 1 amide bonds. The number of para-hydroxylation sites is 2. The molecule has 3 rings (SSSR count). The van der Waals surface area contributed by atoms with Crippen LogP contribution in [0.5, 0.6) is 5.75 Å². The number of anilines is 3. The second kappa shape index (κ2) is 8.50. The maximum Gasteiger partial charge on any atom is 0.257 e. The van der Waals surface area contributed by atoms with Gasteiger partial charge >= 0.3 is 0 Å². The van der Waals surface area contributed by atoms with E-state index >= 15 is 0 Å². The fourth-order valence-corrected chi connectivity index (χ4v) is 2.42. The van der Waals surface area contributed by atoms with Crippen LogP contribution in [-0.4, -0.2) is 17.5 Å². The van der Waals surface area contributed by atoms with Crippen LogP contribution in [0.2, 0.25) is 0 Å². The lowest BCUT2D eigenvalue weighted by Gasteiger charge is -2.12. The summed E-state index contributed by atoms with van der Waals surface area (Å²) in [6, 6.07) is 19.7. The number of ether oxygens (including phenoxy) is 1. The molecule has 2 aromatic carbocycles. The Hall–Kier alpha value is -3.85. The van der Waals surface area contributed by atoms with Gasteiger partial charge in [0, 0.05) is 11.9 Å². The Balaban J connectivity index is 1.68. The number of nitriles is 1. The van der Waals surface area contributed by atoms with Gasteiger partial charge in [-0.05, 0) is 55.5 Å². The van der Waals surface area contributed by atoms with Gasteiger partial charge in [-0.3, -0.25) is 4.79 Å². The Morgan fingerprint density at radius 3 is 2.56 bits per heavy atom. The number of hydrogen-bond acceptors (Lipinski definition) is 5. The number of rotatable bonds is 6. The molecule has 0 aliphatic carbocycles. The van der Waals surface area contributed by atoms with E-state index in [1.54, 1.807) is 36.4 Å². The number of aromatic nitrogens is 1. The SMILES string of the molecule is CCOc1ccccc1Nc1ccc(C(=O)Nc2ccc(C#N)cc2)cn1. The molecule has 1 aromatic heterocycles. The second-order valence-electron chi connectivity index (χ2n) is 5.63. The zero-order valence-electron chi connectivity index (χ0n) is 14.8. The predicted octanol–water partition coefficient (Wildman–Crippen LogP) is 4.35. The van der Waals surface area contributed by atoms with E-state index in [1.165, 1.54) is 6.20 Å². The van der Waals surface area contributed by atoms with E-state index in [9.17, 15) is 4.79 Å². The second-order valence-corrected chi connectivity index (χ2v) is 5.63. The van der Waals surface area contributed by atoms with Crippen molar-refractivity contribution in [1.82, 2.24) is 4.98 Å². The number of carbonyl (C=O) groups is 1. The largest absolute Gasteiger partial charge is 0.492 e. The molecular formula is C21H18N4O2. The predicted molar refractivity (Wildman–Crippen MR) is 104 cm³/mol. The minimum atomic E-state index is -0.270. The van der Waals surface area contributed by atoms with Gasteiger partial charge in [-0.2, -0.15) is 5.26 Å². The Kier molecular flexibility index (Phi) is 5.65. The Morgan fingerprint density at radius 2 is 1.89 bits per heavy atom. The van der Waals surface area contributed by atoms with Crippen molar-refractivity contribution in [3.8, 4) is 11.8 Å².